The summed E-state index contributed by atoms with van der Waals surface area (Å²) in [6, 6.07) is 6.85. The van der Waals surface area contributed by atoms with Crippen molar-refractivity contribution in [3.63, 3.8) is 0 Å². The number of carbonyl (C=O) groups excluding carboxylic acids is 2. The number of hydrogen-bond acceptors (Lipinski definition) is 4. The standard InChI is InChI=1S/C16H23N3O2S2/c1-5-19(6-2)16(22)23-11-14(20)17-13-9-7-12(8-10-13)15(21)18(3)4/h7-10H,5-6,11H2,1-4H3,(H,17,20). The third kappa shape index (κ3) is 6.19. The zero-order valence-electron chi connectivity index (χ0n) is 14.0. The number of thioether (sulfide) groups is 1. The maximum absolute atomic E-state index is 12.0. The van der Waals surface area contributed by atoms with Crippen LogP contribution >= 0.6 is 24.0 Å². The number of nitrogens with zero attached hydrogens (tertiary/aromatic N) is 2. The molecule has 0 unspecified atom stereocenters. The second kappa shape index (κ2) is 9.52. The Morgan fingerprint density at radius 3 is 2.17 bits per heavy atom. The molecule has 1 aromatic carbocycles. The molecule has 0 saturated heterocycles. The summed E-state index contributed by atoms with van der Waals surface area (Å²) in [5.41, 5.74) is 1.25. The van der Waals surface area contributed by atoms with Crippen molar-refractivity contribution in [2.75, 3.05) is 38.3 Å². The lowest BCUT2D eigenvalue weighted by atomic mass is 10.2. The van der Waals surface area contributed by atoms with E-state index in [0.29, 0.717) is 11.3 Å². The summed E-state index contributed by atoms with van der Waals surface area (Å²) >= 11 is 6.65. The van der Waals surface area contributed by atoms with Crippen LogP contribution in [0, 0.1) is 0 Å². The summed E-state index contributed by atoms with van der Waals surface area (Å²) in [5.74, 6) is 0.0902. The van der Waals surface area contributed by atoms with Gasteiger partial charge in [-0.3, -0.25) is 9.59 Å². The number of carbonyl (C=O) groups is 2. The molecule has 0 aliphatic heterocycles. The molecule has 1 N–H and O–H groups in total. The lowest BCUT2D eigenvalue weighted by Crippen LogP contribution is -2.28. The van der Waals surface area contributed by atoms with Crippen molar-refractivity contribution in [1.29, 1.82) is 0 Å². The first kappa shape index (κ1) is 19.4. The molecule has 0 saturated carbocycles. The van der Waals surface area contributed by atoms with Crippen molar-refractivity contribution in [3.8, 4) is 0 Å². The Kier molecular flexibility index (Phi) is 8.05. The minimum atomic E-state index is -0.115. The topological polar surface area (TPSA) is 52.7 Å². The average molecular weight is 354 g/mol. The normalized spacial score (nSPS) is 10.1. The number of anilines is 1. The molecule has 2 amide bonds. The van der Waals surface area contributed by atoms with Gasteiger partial charge in [0.2, 0.25) is 5.91 Å². The van der Waals surface area contributed by atoms with Crippen molar-refractivity contribution < 1.29 is 9.59 Å². The van der Waals surface area contributed by atoms with E-state index in [-0.39, 0.29) is 17.6 Å². The lowest BCUT2D eigenvalue weighted by molar-refractivity contribution is -0.113. The van der Waals surface area contributed by atoms with E-state index in [1.807, 2.05) is 18.7 Å². The van der Waals surface area contributed by atoms with Crippen LogP contribution in [0.25, 0.3) is 0 Å². The quantitative estimate of drug-likeness (QED) is 0.797. The van der Waals surface area contributed by atoms with Gasteiger partial charge in [0.15, 0.2) is 0 Å². The predicted molar refractivity (Wildman–Crippen MR) is 101 cm³/mol. The highest BCUT2D eigenvalue weighted by atomic mass is 32.2. The van der Waals surface area contributed by atoms with Crippen LogP contribution in [-0.4, -0.2) is 58.9 Å². The smallest absolute Gasteiger partial charge is 0.253 e. The molecular formula is C16H23N3O2S2. The van der Waals surface area contributed by atoms with E-state index in [2.05, 4.69) is 5.32 Å². The molecule has 1 rings (SSSR count). The molecule has 0 bridgehead atoms. The van der Waals surface area contributed by atoms with Crippen LogP contribution in [0.3, 0.4) is 0 Å². The Morgan fingerprint density at radius 1 is 1.13 bits per heavy atom. The van der Waals surface area contributed by atoms with Gasteiger partial charge in [0.1, 0.15) is 4.32 Å². The first-order valence-electron chi connectivity index (χ1n) is 7.42. The zero-order chi connectivity index (χ0) is 17.4. The summed E-state index contributed by atoms with van der Waals surface area (Å²) in [5, 5.41) is 2.80. The van der Waals surface area contributed by atoms with Gasteiger partial charge in [-0.2, -0.15) is 0 Å². The van der Waals surface area contributed by atoms with Gasteiger partial charge in [-0.1, -0.05) is 24.0 Å². The van der Waals surface area contributed by atoms with Crippen LogP contribution in [0.5, 0.6) is 0 Å². The van der Waals surface area contributed by atoms with Crippen molar-refractivity contribution in [2.24, 2.45) is 0 Å². The van der Waals surface area contributed by atoms with Crippen LogP contribution in [0.15, 0.2) is 24.3 Å². The third-order valence-electron chi connectivity index (χ3n) is 3.17. The molecule has 126 valence electrons. The van der Waals surface area contributed by atoms with Crippen LogP contribution in [-0.2, 0) is 4.79 Å². The fraction of sp³-hybridized carbons (Fsp3) is 0.438. The lowest BCUT2D eigenvalue weighted by Gasteiger charge is -2.20. The van der Waals surface area contributed by atoms with Gasteiger partial charge in [-0.25, -0.2) is 0 Å². The van der Waals surface area contributed by atoms with Crippen molar-refractivity contribution >= 4 is 45.8 Å². The molecule has 0 atom stereocenters. The zero-order valence-corrected chi connectivity index (χ0v) is 15.6. The maximum atomic E-state index is 12.0. The van der Waals surface area contributed by atoms with Gasteiger partial charge in [0.05, 0.1) is 5.75 Å². The minimum Gasteiger partial charge on any atom is -0.358 e. The van der Waals surface area contributed by atoms with Gasteiger partial charge in [0.25, 0.3) is 5.91 Å². The highest BCUT2D eigenvalue weighted by Crippen LogP contribution is 2.13. The Labute approximate surface area is 147 Å². The fourth-order valence-corrected chi connectivity index (χ4v) is 3.05. The molecule has 0 aliphatic carbocycles. The third-order valence-corrected chi connectivity index (χ3v) is 4.69. The Hall–Kier alpha value is -1.60. The number of nitrogens with one attached hydrogen (secondary N) is 1. The van der Waals surface area contributed by atoms with Gasteiger partial charge in [0, 0.05) is 38.4 Å². The summed E-state index contributed by atoms with van der Waals surface area (Å²) in [6.45, 7) is 5.75. The molecule has 0 aromatic heterocycles. The maximum Gasteiger partial charge on any atom is 0.253 e. The predicted octanol–water partition coefficient (Wildman–Crippen LogP) is 2.69. The molecule has 0 radical (unpaired) electrons. The van der Waals surface area contributed by atoms with E-state index < -0.39 is 0 Å². The summed E-state index contributed by atoms with van der Waals surface area (Å²) in [4.78, 5) is 27.3. The van der Waals surface area contributed by atoms with Crippen LogP contribution < -0.4 is 5.32 Å². The number of hydrogen-bond donors (Lipinski definition) is 1. The first-order valence-corrected chi connectivity index (χ1v) is 8.81. The monoisotopic (exact) mass is 353 g/mol. The molecule has 0 spiro atoms. The van der Waals surface area contributed by atoms with Crippen molar-refractivity contribution in [1.82, 2.24) is 9.80 Å². The molecule has 0 heterocycles. The van der Waals surface area contributed by atoms with Crippen LogP contribution in [0.1, 0.15) is 24.2 Å². The highest BCUT2D eigenvalue weighted by molar-refractivity contribution is 8.23. The number of benzene rings is 1. The summed E-state index contributed by atoms with van der Waals surface area (Å²) in [7, 11) is 3.40. The first-order chi connectivity index (χ1) is 10.9. The second-order valence-electron chi connectivity index (χ2n) is 5.05. The van der Waals surface area contributed by atoms with E-state index in [1.165, 1.54) is 16.7 Å². The van der Waals surface area contributed by atoms with E-state index >= 15 is 0 Å². The average Bonchev–Trinajstić information content (AvgIpc) is 2.54. The molecule has 0 aliphatic rings. The molecule has 7 heteroatoms. The number of rotatable bonds is 6. The largest absolute Gasteiger partial charge is 0.358 e. The van der Waals surface area contributed by atoms with Gasteiger partial charge in [-0.15, -0.1) is 0 Å². The summed E-state index contributed by atoms with van der Waals surface area (Å²) < 4.78 is 0.733. The van der Waals surface area contributed by atoms with Gasteiger partial charge >= 0.3 is 0 Å². The molecule has 5 nitrogen and oxygen atoms in total. The van der Waals surface area contributed by atoms with Crippen LogP contribution in [0.4, 0.5) is 5.69 Å². The molecular weight excluding hydrogens is 330 g/mol. The van der Waals surface area contributed by atoms with E-state index in [9.17, 15) is 9.59 Å². The Balaban J connectivity index is 2.52. The molecule has 0 fully saturated rings. The molecule has 23 heavy (non-hydrogen) atoms. The van der Waals surface area contributed by atoms with E-state index in [1.54, 1.807) is 38.4 Å². The van der Waals surface area contributed by atoms with Gasteiger partial charge in [-0.05, 0) is 38.1 Å². The second-order valence-corrected chi connectivity index (χ2v) is 6.66. The highest BCUT2D eigenvalue weighted by Gasteiger charge is 2.11. The van der Waals surface area contributed by atoms with Crippen LogP contribution in [0.2, 0.25) is 0 Å². The van der Waals surface area contributed by atoms with E-state index in [0.717, 1.165) is 17.4 Å². The Bertz CT molecular complexity index is 555. The SMILES string of the molecule is CCN(CC)C(=S)SCC(=O)Nc1ccc(C(=O)N(C)C)cc1. The summed E-state index contributed by atoms with van der Waals surface area (Å²) in [6.07, 6.45) is 0. The van der Waals surface area contributed by atoms with Crippen molar-refractivity contribution in [3.05, 3.63) is 29.8 Å². The molecule has 1 aromatic rings. The van der Waals surface area contributed by atoms with Gasteiger partial charge < -0.3 is 15.1 Å². The van der Waals surface area contributed by atoms with E-state index in [4.69, 9.17) is 12.2 Å². The van der Waals surface area contributed by atoms with Crippen molar-refractivity contribution in [2.45, 2.75) is 13.8 Å². The fourth-order valence-electron chi connectivity index (χ4n) is 1.85. The Morgan fingerprint density at radius 2 is 1.70 bits per heavy atom. The number of amides is 2. The number of thiocarbonyl (C=S) groups is 1. The minimum absolute atomic E-state index is 0.0667.